The van der Waals surface area contributed by atoms with Gasteiger partial charge in [0.2, 0.25) is 0 Å². The third-order valence-corrected chi connectivity index (χ3v) is 4.29. The zero-order chi connectivity index (χ0) is 23.4. The van der Waals surface area contributed by atoms with E-state index in [0.29, 0.717) is 11.6 Å². The van der Waals surface area contributed by atoms with E-state index in [1.165, 1.54) is 39.0 Å². The minimum absolute atomic E-state index is 0.333. The summed E-state index contributed by atoms with van der Waals surface area (Å²) in [6, 6.07) is 0.452. The highest BCUT2D eigenvalue weighted by atomic mass is 16.5. The normalized spacial score (nSPS) is 20.0. The van der Waals surface area contributed by atoms with Crippen molar-refractivity contribution >= 4 is 0 Å². The van der Waals surface area contributed by atoms with Crippen molar-refractivity contribution in [1.82, 2.24) is 15.5 Å². The van der Waals surface area contributed by atoms with Crippen LogP contribution >= 0.6 is 0 Å². The van der Waals surface area contributed by atoms with Gasteiger partial charge in [-0.3, -0.25) is 4.90 Å². The van der Waals surface area contributed by atoms with E-state index in [2.05, 4.69) is 77.8 Å². The molecule has 3 fully saturated rings. The average Bonchev–Trinajstić information content (AvgIpc) is 3.22. The first-order chi connectivity index (χ1) is 14.0. The number of rotatable bonds is 0. The molecule has 184 valence electrons. The summed E-state index contributed by atoms with van der Waals surface area (Å²) in [5.41, 5.74) is 6.15. The first-order valence-corrected chi connectivity index (χ1v) is 12.5. The van der Waals surface area contributed by atoms with Crippen molar-refractivity contribution in [3.8, 4) is 0 Å². The fraction of sp³-hybridized carbons (Fsp3) is 1.00. The van der Waals surface area contributed by atoms with Crippen molar-refractivity contribution in [3.05, 3.63) is 0 Å². The number of hydrogen-bond acceptors (Lipinski definition) is 5. The Hall–Kier alpha value is -0.200. The molecule has 0 saturated carbocycles. The first kappa shape index (κ1) is 32.0. The predicted octanol–water partition coefficient (Wildman–Crippen LogP) is 4.51. The summed E-state index contributed by atoms with van der Waals surface area (Å²) in [4.78, 5) is 2.51. The van der Waals surface area contributed by atoms with Gasteiger partial charge in [0.05, 0.1) is 13.2 Å². The molecule has 3 heterocycles. The summed E-state index contributed by atoms with van der Waals surface area (Å²) < 4.78 is 5.01. The Morgan fingerprint density at radius 3 is 1.33 bits per heavy atom. The van der Waals surface area contributed by atoms with E-state index >= 15 is 0 Å². The second kappa shape index (κ2) is 20.7. The summed E-state index contributed by atoms with van der Waals surface area (Å²) in [5, 5.41) is 6.38. The van der Waals surface area contributed by atoms with E-state index in [0.717, 1.165) is 51.0 Å². The maximum Gasteiger partial charge on any atom is 0.0591 e. The van der Waals surface area contributed by atoms with Crippen LogP contribution < -0.4 is 16.4 Å². The fourth-order valence-electron chi connectivity index (χ4n) is 2.71. The second-order valence-corrected chi connectivity index (χ2v) is 10.8. The van der Waals surface area contributed by atoms with Crippen molar-refractivity contribution in [2.45, 2.75) is 99.6 Å². The largest absolute Gasteiger partial charge is 0.379 e. The van der Waals surface area contributed by atoms with Gasteiger partial charge in [0, 0.05) is 37.8 Å². The molecule has 0 radical (unpaired) electrons. The Bertz CT molecular complexity index is 296. The van der Waals surface area contributed by atoms with Gasteiger partial charge in [0.1, 0.15) is 0 Å². The van der Waals surface area contributed by atoms with Crippen LogP contribution in [0.1, 0.15) is 88.0 Å². The maximum atomic E-state index is 5.81. The number of nitrogens with zero attached hydrogens (tertiary/aromatic N) is 1. The van der Waals surface area contributed by atoms with Gasteiger partial charge < -0.3 is 21.1 Å². The van der Waals surface area contributed by atoms with Gasteiger partial charge in [-0.15, -0.1) is 0 Å². The lowest BCUT2D eigenvalue weighted by Gasteiger charge is -2.40. The van der Waals surface area contributed by atoms with Crippen molar-refractivity contribution in [3.63, 3.8) is 0 Å². The molecule has 0 spiro atoms. The van der Waals surface area contributed by atoms with Crippen molar-refractivity contribution < 1.29 is 4.74 Å². The Morgan fingerprint density at radius 1 is 0.767 bits per heavy atom. The van der Waals surface area contributed by atoms with Gasteiger partial charge in [-0.05, 0) is 71.4 Å². The second-order valence-electron chi connectivity index (χ2n) is 10.8. The molecule has 3 aliphatic rings. The number of nitrogens with two attached hydrogens (primary N) is 1. The molecule has 0 unspecified atom stereocenters. The molecule has 0 aromatic carbocycles. The van der Waals surface area contributed by atoms with Crippen LogP contribution in [0.15, 0.2) is 0 Å². The van der Waals surface area contributed by atoms with Crippen LogP contribution in [-0.4, -0.2) is 69.0 Å². The number of nitrogens with one attached hydrogen (secondary N) is 2. The minimum Gasteiger partial charge on any atom is -0.379 e. The number of piperidine rings is 1. The van der Waals surface area contributed by atoms with Gasteiger partial charge in [-0.1, -0.05) is 41.5 Å². The van der Waals surface area contributed by atoms with E-state index in [1.807, 2.05) is 0 Å². The Labute approximate surface area is 190 Å². The lowest BCUT2D eigenvalue weighted by Crippen LogP contribution is -2.48. The highest BCUT2D eigenvalue weighted by molar-refractivity contribution is 4.82. The third-order valence-electron chi connectivity index (χ3n) is 4.29. The molecular formula is C25H58N4O. The summed E-state index contributed by atoms with van der Waals surface area (Å²) in [5.74, 6) is 1.67. The summed E-state index contributed by atoms with van der Waals surface area (Å²) in [6.07, 6.45) is 5.11. The molecule has 0 aromatic heterocycles. The molecule has 0 aliphatic carbocycles. The summed E-state index contributed by atoms with van der Waals surface area (Å²) in [6.45, 7) is 28.5. The van der Waals surface area contributed by atoms with Crippen LogP contribution in [0, 0.1) is 11.8 Å². The molecule has 0 atom stereocenters. The van der Waals surface area contributed by atoms with Crippen LogP contribution in [-0.2, 0) is 4.74 Å². The van der Waals surface area contributed by atoms with E-state index in [1.54, 1.807) is 0 Å². The maximum absolute atomic E-state index is 5.81. The van der Waals surface area contributed by atoms with Crippen LogP contribution in [0.3, 0.4) is 0 Å². The van der Waals surface area contributed by atoms with Gasteiger partial charge >= 0.3 is 0 Å². The minimum atomic E-state index is 0.333. The Morgan fingerprint density at radius 2 is 1.13 bits per heavy atom. The fourth-order valence-corrected chi connectivity index (χ4v) is 2.71. The number of ether oxygens (including phenoxy) is 1. The van der Waals surface area contributed by atoms with Crippen LogP contribution in [0.4, 0.5) is 0 Å². The molecule has 5 nitrogen and oxygen atoms in total. The first-order valence-electron chi connectivity index (χ1n) is 12.5. The molecule has 3 rings (SSSR count). The lowest BCUT2D eigenvalue weighted by atomic mass is 9.99. The smallest absolute Gasteiger partial charge is 0.0591 e. The highest BCUT2D eigenvalue weighted by Crippen LogP contribution is 2.18. The van der Waals surface area contributed by atoms with E-state index in [4.69, 9.17) is 10.5 Å². The van der Waals surface area contributed by atoms with Gasteiger partial charge in [-0.2, -0.15) is 0 Å². The van der Waals surface area contributed by atoms with Gasteiger partial charge in [0.25, 0.3) is 0 Å². The van der Waals surface area contributed by atoms with Crippen LogP contribution in [0.5, 0.6) is 0 Å². The average molecular weight is 431 g/mol. The molecule has 5 heteroatoms. The topological polar surface area (TPSA) is 62.5 Å². The molecule has 0 amide bonds. The van der Waals surface area contributed by atoms with Crippen molar-refractivity contribution in [2.75, 3.05) is 52.5 Å². The van der Waals surface area contributed by atoms with Gasteiger partial charge in [0.15, 0.2) is 0 Å². The molecule has 30 heavy (non-hydrogen) atoms. The Kier molecular flexibility index (Phi) is 22.1. The molecule has 0 bridgehead atoms. The lowest BCUT2D eigenvalue weighted by molar-refractivity contribution is 0.103. The van der Waals surface area contributed by atoms with E-state index in [9.17, 15) is 0 Å². The monoisotopic (exact) mass is 430 g/mol. The quantitative estimate of drug-likeness (QED) is 0.528. The van der Waals surface area contributed by atoms with Crippen LogP contribution in [0.25, 0.3) is 0 Å². The zero-order valence-electron chi connectivity index (χ0n) is 22.2. The van der Waals surface area contributed by atoms with Crippen molar-refractivity contribution in [2.24, 2.45) is 17.6 Å². The standard InChI is InChI=1S/C9H20N2.C4H9NO.C4H9N.2C4H10/c1-9(2,3)11-6-4-8(10)5-7-11;1-3-6-4-2-5-1;1-2-4-5-3-1;2*1-4(2)3/h8H,4-7,10H2,1-3H3;5H,1-4H2;5H,1-4H2;2*4H,1-3H3. The van der Waals surface area contributed by atoms with E-state index < -0.39 is 0 Å². The predicted molar refractivity (Wildman–Crippen MR) is 135 cm³/mol. The number of likely N-dealkylation sites (tertiary alicyclic amines) is 1. The molecular weight excluding hydrogens is 372 g/mol. The summed E-state index contributed by atoms with van der Waals surface area (Å²) >= 11 is 0. The van der Waals surface area contributed by atoms with Crippen molar-refractivity contribution in [1.29, 1.82) is 0 Å². The molecule has 3 aliphatic heterocycles. The van der Waals surface area contributed by atoms with E-state index in [-0.39, 0.29) is 0 Å². The third kappa shape index (κ3) is 27.8. The number of morpholine rings is 1. The van der Waals surface area contributed by atoms with Crippen LogP contribution in [0.2, 0.25) is 0 Å². The Balaban J connectivity index is 0. The number of hydrogen-bond donors (Lipinski definition) is 3. The summed E-state index contributed by atoms with van der Waals surface area (Å²) in [7, 11) is 0. The highest BCUT2D eigenvalue weighted by Gasteiger charge is 2.24. The SMILES string of the molecule is C1CCNC1.C1COCCN1.CC(C)(C)N1CCC(N)CC1.CC(C)C.CC(C)C. The van der Waals surface area contributed by atoms with Gasteiger partial charge in [-0.25, -0.2) is 0 Å². The zero-order valence-corrected chi connectivity index (χ0v) is 22.2. The molecule has 0 aromatic rings. The molecule has 4 N–H and O–H groups in total. The molecule has 3 saturated heterocycles.